The summed E-state index contributed by atoms with van der Waals surface area (Å²) in [6.45, 7) is 2.62. The van der Waals surface area contributed by atoms with Gasteiger partial charge in [-0.25, -0.2) is 4.79 Å². The Morgan fingerprint density at radius 1 is 1.16 bits per heavy atom. The van der Waals surface area contributed by atoms with E-state index in [4.69, 9.17) is 16.3 Å². The third kappa shape index (κ3) is 5.24. The summed E-state index contributed by atoms with van der Waals surface area (Å²) in [5, 5.41) is 14.8. The van der Waals surface area contributed by atoms with Gasteiger partial charge >= 0.3 is 5.97 Å². The smallest absolute Gasteiger partial charge is 0.341 e. The second-order valence-corrected chi connectivity index (χ2v) is 10.7. The third-order valence-electron chi connectivity index (χ3n) is 6.63. The molecule has 192 valence electrons. The normalized spacial score (nSPS) is 13.1. The van der Waals surface area contributed by atoms with Gasteiger partial charge in [0.25, 0.3) is 5.91 Å². The van der Waals surface area contributed by atoms with Crippen molar-refractivity contribution in [2.24, 2.45) is 0 Å². The molecule has 1 aliphatic carbocycles. The van der Waals surface area contributed by atoms with Crippen LogP contribution in [0.4, 0.5) is 5.00 Å². The average Bonchev–Trinajstić information content (AvgIpc) is 3.46. The van der Waals surface area contributed by atoms with E-state index in [1.807, 2.05) is 60.8 Å². The maximum absolute atomic E-state index is 13.3. The molecule has 5 rings (SSSR count). The number of thiophene rings is 1. The van der Waals surface area contributed by atoms with Crippen molar-refractivity contribution in [3.05, 3.63) is 92.5 Å². The summed E-state index contributed by atoms with van der Waals surface area (Å²) in [5.41, 5.74) is 4.18. The van der Waals surface area contributed by atoms with Gasteiger partial charge in [-0.05, 0) is 68.0 Å². The minimum absolute atomic E-state index is 0.0411. The topological polar surface area (TPSA) is 84.1 Å². The van der Waals surface area contributed by atoms with Crippen molar-refractivity contribution >= 4 is 56.8 Å². The molecule has 38 heavy (non-hydrogen) atoms. The molecule has 1 aliphatic rings. The van der Waals surface area contributed by atoms with Gasteiger partial charge < -0.3 is 14.6 Å². The zero-order chi connectivity index (χ0) is 26.6. The fraction of sp³-hybridized carbons (Fsp3) is 0.233. The Morgan fingerprint density at radius 2 is 1.92 bits per heavy atom. The molecule has 2 aromatic heterocycles. The number of fused-ring (bicyclic) bond motifs is 2. The highest BCUT2D eigenvalue weighted by Gasteiger charge is 2.28. The number of hydrogen-bond acceptors (Lipinski definition) is 5. The molecule has 4 aromatic rings. The number of rotatable bonds is 7. The number of esters is 1. The van der Waals surface area contributed by atoms with Crippen LogP contribution in [-0.4, -0.2) is 23.1 Å². The van der Waals surface area contributed by atoms with Crippen LogP contribution in [0.2, 0.25) is 5.02 Å². The van der Waals surface area contributed by atoms with Crippen LogP contribution in [0.15, 0.2) is 60.3 Å². The summed E-state index contributed by atoms with van der Waals surface area (Å²) in [5.74, 6) is -0.985. The average molecular weight is 544 g/mol. The molecule has 8 heteroatoms. The lowest BCUT2D eigenvalue weighted by molar-refractivity contribution is -0.112. The van der Waals surface area contributed by atoms with E-state index in [2.05, 4.69) is 9.88 Å². The maximum Gasteiger partial charge on any atom is 0.341 e. The molecule has 0 fully saturated rings. The van der Waals surface area contributed by atoms with E-state index < -0.39 is 11.9 Å². The van der Waals surface area contributed by atoms with Crippen molar-refractivity contribution in [1.29, 1.82) is 5.26 Å². The lowest BCUT2D eigenvalue weighted by Crippen LogP contribution is -2.16. The molecule has 0 saturated heterocycles. The van der Waals surface area contributed by atoms with Crippen molar-refractivity contribution in [2.45, 2.75) is 39.2 Å². The number of carbonyl (C=O) groups excluding carboxylic acids is 2. The number of nitrogens with zero attached hydrogens (tertiary/aromatic N) is 2. The molecule has 1 N–H and O–H groups in total. The lowest BCUT2D eigenvalue weighted by Gasteiger charge is -2.12. The van der Waals surface area contributed by atoms with Crippen LogP contribution < -0.4 is 5.32 Å². The van der Waals surface area contributed by atoms with Crippen LogP contribution in [0, 0.1) is 11.3 Å². The Morgan fingerprint density at radius 3 is 2.68 bits per heavy atom. The number of anilines is 1. The molecule has 1 amide bonds. The van der Waals surface area contributed by atoms with E-state index in [1.54, 1.807) is 13.0 Å². The zero-order valence-electron chi connectivity index (χ0n) is 20.9. The molecule has 0 spiro atoms. The number of nitrogens with one attached hydrogen (secondary N) is 1. The third-order valence-corrected chi connectivity index (χ3v) is 8.09. The van der Waals surface area contributed by atoms with Crippen molar-refractivity contribution in [3.63, 3.8) is 0 Å². The molecular formula is C30H26ClN3O3S. The number of nitriles is 1. The summed E-state index contributed by atoms with van der Waals surface area (Å²) in [6, 6.07) is 17.6. The van der Waals surface area contributed by atoms with Crippen LogP contribution >= 0.6 is 22.9 Å². The molecule has 2 aromatic carbocycles. The highest BCUT2D eigenvalue weighted by Crippen LogP contribution is 2.39. The Hall–Kier alpha value is -3.86. The van der Waals surface area contributed by atoms with E-state index in [0.29, 0.717) is 22.1 Å². The van der Waals surface area contributed by atoms with Gasteiger partial charge in [0, 0.05) is 39.1 Å². The van der Waals surface area contributed by atoms with Gasteiger partial charge in [0.1, 0.15) is 16.6 Å². The van der Waals surface area contributed by atoms with Gasteiger partial charge in [0.15, 0.2) is 0 Å². The minimum atomic E-state index is -0.550. The molecular weight excluding hydrogens is 518 g/mol. The molecule has 2 heterocycles. The fourth-order valence-corrected chi connectivity index (χ4v) is 6.25. The molecule has 6 nitrogen and oxygen atoms in total. The van der Waals surface area contributed by atoms with Crippen LogP contribution in [0.25, 0.3) is 17.0 Å². The van der Waals surface area contributed by atoms with Crippen molar-refractivity contribution in [3.8, 4) is 6.07 Å². The largest absolute Gasteiger partial charge is 0.462 e. The van der Waals surface area contributed by atoms with Crippen molar-refractivity contribution in [2.75, 3.05) is 11.9 Å². The number of para-hydroxylation sites is 1. The van der Waals surface area contributed by atoms with E-state index in [-0.39, 0.29) is 12.2 Å². The van der Waals surface area contributed by atoms with Gasteiger partial charge in [-0.15, -0.1) is 11.3 Å². The first-order valence-corrected chi connectivity index (χ1v) is 13.7. The quantitative estimate of drug-likeness (QED) is 0.154. The fourth-order valence-electron chi connectivity index (χ4n) is 4.86. The summed E-state index contributed by atoms with van der Waals surface area (Å²) in [7, 11) is 0. The van der Waals surface area contributed by atoms with Crippen LogP contribution in [0.3, 0.4) is 0 Å². The molecule has 0 aliphatic heterocycles. The predicted molar refractivity (Wildman–Crippen MR) is 152 cm³/mol. The first-order chi connectivity index (χ1) is 18.5. The molecule has 0 atom stereocenters. The number of benzene rings is 2. The molecule has 0 unspecified atom stereocenters. The van der Waals surface area contributed by atoms with Gasteiger partial charge in [-0.2, -0.15) is 5.26 Å². The van der Waals surface area contributed by atoms with Gasteiger partial charge in [0.2, 0.25) is 0 Å². The number of aryl methyl sites for hydroxylation is 1. The Kier molecular flexibility index (Phi) is 7.64. The number of aromatic nitrogens is 1. The Labute approximate surface area is 230 Å². The summed E-state index contributed by atoms with van der Waals surface area (Å²) >= 11 is 7.44. The highest BCUT2D eigenvalue weighted by molar-refractivity contribution is 7.17. The highest BCUT2D eigenvalue weighted by atomic mass is 35.5. The van der Waals surface area contributed by atoms with Crippen LogP contribution in [0.1, 0.15) is 51.7 Å². The first-order valence-electron chi connectivity index (χ1n) is 12.6. The minimum Gasteiger partial charge on any atom is -0.462 e. The van der Waals surface area contributed by atoms with E-state index >= 15 is 0 Å². The first kappa shape index (κ1) is 25.8. The van der Waals surface area contributed by atoms with Gasteiger partial charge in [-0.1, -0.05) is 41.9 Å². The summed E-state index contributed by atoms with van der Waals surface area (Å²) in [4.78, 5) is 27.2. The summed E-state index contributed by atoms with van der Waals surface area (Å²) < 4.78 is 7.38. The number of carbonyl (C=O) groups is 2. The molecule has 0 radical (unpaired) electrons. The van der Waals surface area contributed by atoms with E-state index in [1.165, 1.54) is 11.3 Å². The number of halogens is 1. The SMILES string of the molecule is CCOC(=O)c1c(NC(=O)/C(C#N)=C/c2cn(Cc3ccc(Cl)cc3)c3ccccc23)sc2c1CCCC2. The van der Waals surface area contributed by atoms with Crippen LogP contribution in [0.5, 0.6) is 0 Å². The zero-order valence-corrected chi connectivity index (χ0v) is 22.5. The Balaban J connectivity index is 1.47. The van der Waals surface area contributed by atoms with E-state index in [0.717, 1.165) is 58.2 Å². The number of amides is 1. The standard InChI is InChI=1S/C30H26ClN3O3S/c1-2-37-30(36)27-24-8-4-6-10-26(24)38-29(27)33-28(35)20(16-32)15-21-18-34(25-9-5-3-7-23(21)25)17-19-11-13-22(31)14-12-19/h3,5,7,9,11-15,18H,2,4,6,8,10,17H2,1H3,(H,33,35)/b20-15+. The second-order valence-electron chi connectivity index (χ2n) is 9.12. The second kappa shape index (κ2) is 11.3. The van der Waals surface area contributed by atoms with Crippen LogP contribution in [-0.2, 0) is 28.9 Å². The predicted octanol–water partition coefficient (Wildman–Crippen LogP) is 7.01. The number of ether oxygens (including phenoxy) is 1. The lowest BCUT2D eigenvalue weighted by atomic mass is 9.95. The Bertz CT molecular complexity index is 1590. The maximum atomic E-state index is 13.3. The molecule has 0 saturated carbocycles. The summed E-state index contributed by atoms with van der Waals surface area (Å²) in [6.07, 6.45) is 7.24. The van der Waals surface area contributed by atoms with Crippen molar-refractivity contribution in [1.82, 2.24) is 4.57 Å². The monoisotopic (exact) mass is 543 g/mol. The number of hydrogen-bond donors (Lipinski definition) is 1. The van der Waals surface area contributed by atoms with Gasteiger partial charge in [0.05, 0.1) is 12.2 Å². The molecule has 0 bridgehead atoms. The van der Waals surface area contributed by atoms with Gasteiger partial charge in [-0.3, -0.25) is 4.79 Å². The van der Waals surface area contributed by atoms with Crippen molar-refractivity contribution < 1.29 is 14.3 Å². The van der Waals surface area contributed by atoms with E-state index in [9.17, 15) is 14.9 Å².